The Kier molecular flexibility index (Phi) is 8.46. The quantitative estimate of drug-likeness (QED) is 0.155. The third-order valence-electron chi connectivity index (χ3n) is 15.6. The zero-order chi connectivity index (χ0) is 41.7. The molecule has 0 aliphatic heterocycles. The number of hydrogen-bond donors (Lipinski definition) is 0. The van der Waals surface area contributed by atoms with Crippen molar-refractivity contribution >= 4 is 17.1 Å². The summed E-state index contributed by atoms with van der Waals surface area (Å²) in [7, 11) is 0. The number of fused-ring (bicyclic) bond motifs is 8. The molecule has 1 heteroatoms. The molecule has 2 fully saturated rings. The molecule has 4 aliphatic rings. The Labute approximate surface area is 367 Å². The van der Waals surface area contributed by atoms with Gasteiger partial charge in [-0.15, -0.1) is 0 Å². The van der Waals surface area contributed by atoms with Crippen LogP contribution in [0, 0.1) is 11.8 Å². The summed E-state index contributed by atoms with van der Waals surface area (Å²) in [6.07, 6.45) is 5.69. The standard InChI is InChI=1S/C61H53N/c1-60(2)54-21-10-8-17-52(54)58-49(18-13-22-55(58)60)51-20-12-19-50-48-35-34-46(38-56(48)61(3,4)59(50)51)62(57-23-11-9-16-47(57)42-14-6-5-7-15-42)45-32-30-41(31-33-45)40-26-28-43(29-27-40)53-37-39-24-25-44(53)36-39/h5-23,26-35,38-39,44,53H,24-25,36-37H2,1-4H3. The van der Waals surface area contributed by atoms with Crippen molar-refractivity contribution in [1.82, 2.24) is 0 Å². The molecule has 0 aromatic heterocycles. The van der Waals surface area contributed by atoms with E-state index >= 15 is 0 Å². The minimum atomic E-state index is -0.244. The van der Waals surface area contributed by atoms with E-state index in [2.05, 4.69) is 215 Å². The highest BCUT2D eigenvalue weighted by atomic mass is 15.1. The summed E-state index contributed by atoms with van der Waals surface area (Å²) in [5.74, 6) is 2.61. The van der Waals surface area contributed by atoms with Crippen molar-refractivity contribution in [1.29, 1.82) is 0 Å². The van der Waals surface area contributed by atoms with Crippen LogP contribution in [0.5, 0.6) is 0 Å². The lowest BCUT2D eigenvalue weighted by atomic mass is 9.77. The Morgan fingerprint density at radius 1 is 0.419 bits per heavy atom. The molecule has 12 rings (SSSR count). The number of benzene rings is 8. The van der Waals surface area contributed by atoms with E-state index in [0.29, 0.717) is 0 Å². The highest BCUT2D eigenvalue weighted by molar-refractivity contribution is 5.98. The molecule has 2 saturated carbocycles. The van der Waals surface area contributed by atoms with Gasteiger partial charge in [-0.3, -0.25) is 0 Å². The molecule has 0 saturated heterocycles. The highest BCUT2D eigenvalue weighted by Gasteiger charge is 2.42. The molecule has 0 N–H and O–H groups in total. The number of hydrogen-bond acceptors (Lipinski definition) is 1. The molecule has 1 nitrogen and oxygen atoms in total. The molecular formula is C61H53N. The number of para-hydroxylation sites is 1. The molecule has 302 valence electrons. The van der Waals surface area contributed by atoms with Crippen LogP contribution < -0.4 is 4.90 Å². The fourth-order valence-electron chi connectivity index (χ4n) is 12.5. The van der Waals surface area contributed by atoms with E-state index in [0.717, 1.165) is 34.8 Å². The van der Waals surface area contributed by atoms with E-state index in [9.17, 15) is 0 Å². The van der Waals surface area contributed by atoms with Crippen molar-refractivity contribution in [3.8, 4) is 55.6 Å². The fourth-order valence-corrected chi connectivity index (χ4v) is 12.5. The predicted molar refractivity (Wildman–Crippen MR) is 261 cm³/mol. The molecule has 2 bridgehead atoms. The minimum Gasteiger partial charge on any atom is -0.310 e. The van der Waals surface area contributed by atoms with Crippen LogP contribution in [0.25, 0.3) is 55.6 Å². The van der Waals surface area contributed by atoms with Gasteiger partial charge in [0.1, 0.15) is 0 Å². The summed E-state index contributed by atoms with van der Waals surface area (Å²) >= 11 is 0. The van der Waals surface area contributed by atoms with Gasteiger partial charge in [-0.25, -0.2) is 0 Å². The summed E-state index contributed by atoms with van der Waals surface area (Å²) in [6.45, 7) is 9.63. The van der Waals surface area contributed by atoms with Gasteiger partial charge in [0, 0.05) is 27.8 Å². The average molecular weight is 800 g/mol. The number of anilines is 3. The normalized spacial score (nSPS) is 19.5. The van der Waals surface area contributed by atoms with Gasteiger partial charge in [-0.05, 0) is 145 Å². The Morgan fingerprint density at radius 3 is 1.77 bits per heavy atom. The van der Waals surface area contributed by atoms with Crippen LogP contribution in [0.2, 0.25) is 0 Å². The Morgan fingerprint density at radius 2 is 1.03 bits per heavy atom. The topological polar surface area (TPSA) is 3.24 Å². The third kappa shape index (κ3) is 5.67. The molecule has 0 radical (unpaired) electrons. The highest BCUT2D eigenvalue weighted by Crippen LogP contribution is 2.58. The molecular weight excluding hydrogens is 747 g/mol. The monoisotopic (exact) mass is 799 g/mol. The van der Waals surface area contributed by atoms with Gasteiger partial charge in [0.25, 0.3) is 0 Å². The second-order valence-corrected chi connectivity index (χ2v) is 19.7. The summed E-state index contributed by atoms with van der Waals surface area (Å²) in [5.41, 5.74) is 23.3. The lowest BCUT2D eigenvalue weighted by Gasteiger charge is -2.30. The van der Waals surface area contributed by atoms with Crippen molar-refractivity contribution < 1.29 is 0 Å². The van der Waals surface area contributed by atoms with Crippen molar-refractivity contribution in [2.75, 3.05) is 4.90 Å². The third-order valence-corrected chi connectivity index (χ3v) is 15.6. The smallest absolute Gasteiger partial charge is 0.0540 e. The van der Waals surface area contributed by atoms with Crippen LogP contribution >= 0.6 is 0 Å². The van der Waals surface area contributed by atoms with E-state index in [4.69, 9.17) is 0 Å². The molecule has 4 aliphatic carbocycles. The largest absolute Gasteiger partial charge is 0.310 e. The Bertz CT molecular complexity index is 3020. The maximum Gasteiger partial charge on any atom is 0.0540 e. The van der Waals surface area contributed by atoms with Crippen molar-refractivity contribution in [3.63, 3.8) is 0 Å². The average Bonchev–Trinajstić information content (AvgIpc) is 4.07. The SMILES string of the molecule is CC1(C)c2ccccc2-c2c(-c3cccc4c3C(C)(C)c3cc(N(c5ccc(-c6ccc(C7CC8CCC7C8)cc6)cc5)c5ccccc5-c5ccccc5)ccc3-4)cccc21. The molecule has 3 atom stereocenters. The second kappa shape index (κ2) is 14.0. The first-order valence-corrected chi connectivity index (χ1v) is 22.9. The van der Waals surface area contributed by atoms with Crippen LogP contribution in [0.4, 0.5) is 17.1 Å². The van der Waals surface area contributed by atoms with Gasteiger partial charge in [0.05, 0.1) is 5.69 Å². The summed E-state index contributed by atoms with van der Waals surface area (Å²) in [6, 6.07) is 68.8. The molecule has 62 heavy (non-hydrogen) atoms. The zero-order valence-electron chi connectivity index (χ0n) is 36.3. The second-order valence-electron chi connectivity index (χ2n) is 19.7. The van der Waals surface area contributed by atoms with E-state index in [1.165, 1.54) is 109 Å². The zero-order valence-corrected chi connectivity index (χ0v) is 36.3. The molecule has 3 unspecified atom stereocenters. The van der Waals surface area contributed by atoms with Gasteiger partial charge >= 0.3 is 0 Å². The molecule has 8 aromatic carbocycles. The summed E-state index contributed by atoms with van der Waals surface area (Å²) in [4.78, 5) is 2.48. The van der Waals surface area contributed by atoms with Crippen LogP contribution in [-0.4, -0.2) is 0 Å². The summed E-state index contributed by atoms with van der Waals surface area (Å²) in [5, 5.41) is 0. The van der Waals surface area contributed by atoms with Gasteiger partial charge in [0.15, 0.2) is 0 Å². The molecule has 8 aromatic rings. The number of rotatable bonds is 7. The molecule has 0 spiro atoms. The van der Waals surface area contributed by atoms with Crippen molar-refractivity contribution in [3.05, 3.63) is 210 Å². The van der Waals surface area contributed by atoms with Crippen LogP contribution in [-0.2, 0) is 10.8 Å². The van der Waals surface area contributed by atoms with Crippen LogP contribution in [0.1, 0.15) is 87.1 Å². The number of nitrogens with zero attached hydrogens (tertiary/aromatic N) is 1. The van der Waals surface area contributed by atoms with Gasteiger partial charge in [-0.1, -0.05) is 186 Å². The van der Waals surface area contributed by atoms with E-state index < -0.39 is 0 Å². The predicted octanol–water partition coefficient (Wildman–Crippen LogP) is 16.7. The van der Waals surface area contributed by atoms with E-state index in [-0.39, 0.29) is 10.8 Å². The van der Waals surface area contributed by atoms with Crippen molar-refractivity contribution in [2.45, 2.75) is 70.1 Å². The Balaban J connectivity index is 0.960. The Hall–Kier alpha value is -6.44. The van der Waals surface area contributed by atoms with Crippen LogP contribution in [0.3, 0.4) is 0 Å². The lowest BCUT2D eigenvalue weighted by molar-refractivity contribution is 0.420. The minimum absolute atomic E-state index is 0.0513. The molecule has 0 heterocycles. The fraction of sp³-hybridized carbons (Fsp3) is 0.213. The first-order chi connectivity index (χ1) is 30.3. The van der Waals surface area contributed by atoms with Crippen LogP contribution in [0.15, 0.2) is 182 Å². The molecule has 0 amide bonds. The lowest BCUT2D eigenvalue weighted by Crippen LogP contribution is -2.18. The first kappa shape index (κ1) is 37.3. The maximum absolute atomic E-state index is 2.48. The van der Waals surface area contributed by atoms with E-state index in [1.807, 2.05) is 0 Å². The summed E-state index contributed by atoms with van der Waals surface area (Å²) < 4.78 is 0. The van der Waals surface area contributed by atoms with Gasteiger partial charge in [0.2, 0.25) is 0 Å². The van der Waals surface area contributed by atoms with Crippen molar-refractivity contribution in [2.24, 2.45) is 11.8 Å². The van der Waals surface area contributed by atoms with Gasteiger partial charge in [-0.2, -0.15) is 0 Å². The maximum atomic E-state index is 2.48. The van der Waals surface area contributed by atoms with E-state index in [1.54, 1.807) is 0 Å². The first-order valence-electron chi connectivity index (χ1n) is 22.9. The van der Waals surface area contributed by atoms with Gasteiger partial charge < -0.3 is 4.90 Å².